The lowest BCUT2D eigenvalue weighted by atomic mass is 9.98. The zero-order valence-electron chi connectivity index (χ0n) is 13.9. The first kappa shape index (κ1) is 15.4. The second-order valence-corrected chi connectivity index (χ2v) is 6.51. The molecule has 1 aromatic carbocycles. The van der Waals surface area contributed by atoms with Gasteiger partial charge >= 0.3 is 0 Å². The molecule has 0 spiro atoms. The molecular formula is C18H22N4O2. The molecule has 0 aliphatic carbocycles. The number of H-pyrrole nitrogens is 1. The third-order valence-electron chi connectivity index (χ3n) is 4.50. The monoisotopic (exact) mass is 326 g/mol. The first-order chi connectivity index (χ1) is 11.8. The Bertz CT molecular complexity index is 810. The number of fused-ring (bicyclic) bond motifs is 1. The summed E-state index contributed by atoms with van der Waals surface area (Å²) in [4.78, 5) is 9.91. The minimum atomic E-state index is 0.469. The zero-order chi connectivity index (χ0) is 16.4. The number of aromatic amines is 1. The Morgan fingerprint density at radius 3 is 3.17 bits per heavy atom. The molecule has 24 heavy (non-hydrogen) atoms. The summed E-state index contributed by atoms with van der Waals surface area (Å²) >= 11 is 0. The molecule has 0 radical (unpaired) electrons. The van der Waals surface area contributed by atoms with E-state index in [9.17, 15) is 0 Å². The second kappa shape index (κ2) is 6.75. The fourth-order valence-corrected chi connectivity index (χ4v) is 3.39. The van der Waals surface area contributed by atoms with Crippen molar-refractivity contribution >= 4 is 10.9 Å². The number of aromatic nitrogens is 3. The lowest BCUT2D eigenvalue weighted by Crippen LogP contribution is -2.30. The van der Waals surface area contributed by atoms with Gasteiger partial charge in [0, 0.05) is 31.7 Å². The van der Waals surface area contributed by atoms with Crippen molar-refractivity contribution in [1.82, 2.24) is 20.0 Å². The molecule has 1 aliphatic rings. The van der Waals surface area contributed by atoms with Crippen molar-refractivity contribution in [2.24, 2.45) is 5.92 Å². The molecule has 6 heteroatoms. The van der Waals surface area contributed by atoms with E-state index in [2.05, 4.69) is 44.3 Å². The fraction of sp³-hybridized carbons (Fsp3) is 0.444. The summed E-state index contributed by atoms with van der Waals surface area (Å²) in [5, 5.41) is 5.27. The third kappa shape index (κ3) is 3.49. The largest absolute Gasteiger partial charge is 0.380 e. The van der Waals surface area contributed by atoms with Gasteiger partial charge in [0.05, 0.1) is 19.8 Å². The van der Waals surface area contributed by atoms with E-state index >= 15 is 0 Å². The van der Waals surface area contributed by atoms with E-state index < -0.39 is 0 Å². The second-order valence-electron chi connectivity index (χ2n) is 6.51. The molecule has 0 saturated carbocycles. The molecule has 6 nitrogen and oxygen atoms in total. The van der Waals surface area contributed by atoms with Gasteiger partial charge in [-0.3, -0.25) is 4.90 Å². The maximum Gasteiger partial charge on any atom is 0.223 e. The molecule has 3 heterocycles. The van der Waals surface area contributed by atoms with E-state index in [4.69, 9.17) is 9.26 Å². The SMILES string of the molecule is Cc1nc(CN2CCOC[C@@H](Cc3ccc4[nH]ccc4c3)C2)no1. The van der Waals surface area contributed by atoms with Gasteiger partial charge in [-0.05, 0) is 41.5 Å². The van der Waals surface area contributed by atoms with Crippen molar-refractivity contribution in [2.75, 3.05) is 26.3 Å². The number of hydrogen-bond acceptors (Lipinski definition) is 5. The molecule has 3 aromatic rings. The van der Waals surface area contributed by atoms with Crippen molar-refractivity contribution in [3.05, 3.63) is 47.7 Å². The molecular weight excluding hydrogens is 304 g/mol. The number of hydrogen-bond donors (Lipinski definition) is 1. The summed E-state index contributed by atoms with van der Waals surface area (Å²) in [5.41, 5.74) is 2.54. The summed E-state index contributed by atoms with van der Waals surface area (Å²) < 4.78 is 10.9. The van der Waals surface area contributed by atoms with Gasteiger partial charge in [0.2, 0.25) is 5.89 Å². The van der Waals surface area contributed by atoms with Gasteiger partial charge in [-0.2, -0.15) is 4.98 Å². The van der Waals surface area contributed by atoms with Gasteiger partial charge in [-0.25, -0.2) is 0 Å². The van der Waals surface area contributed by atoms with Crippen LogP contribution in [0.4, 0.5) is 0 Å². The summed E-state index contributed by atoms with van der Waals surface area (Å²) in [6, 6.07) is 8.75. The number of ether oxygens (including phenoxy) is 1. The third-order valence-corrected chi connectivity index (χ3v) is 4.50. The minimum absolute atomic E-state index is 0.469. The number of nitrogens with one attached hydrogen (secondary N) is 1. The lowest BCUT2D eigenvalue weighted by molar-refractivity contribution is 0.121. The van der Waals surface area contributed by atoms with Crippen LogP contribution in [0, 0.1) is 12.8 Å². The van der Waals surface area contributed by atoms with Gasteiger partial charge in [0.25, 0.3) is 0 Å². The van der Waals surface area contributed by atoms with Crippen molar-refractivity contribution < 1.29 is 9.26 Å². The molecule has 1 aliphatic heterocycles. The van der Waals surface area contributed by atoms with E-state index in [1.54, 1.807) is 0 Å². The molecule has 2 aromatic heterocycles. The average Bonchev–Trinajstić information content (AvgIpc) is 3.13. The predicted octanol–water partition coefficient (Wildman–Crippen LogP) is 2.55. The molecule has 4 rings (SSSR count). The standard InChI is InChI=1S/C18H22N4O2/c1-13-20-18(21-24-13)11-22-6-7-23-12-15(10-22)8-14-2-3-17-16(9-14)4-5-19-17/h2-5,9,15,19H,6-8,10-12H2,1H3/t15-/m0/s1. The number of rotatable bonds is 4. The van der Waals surface area contributed by atoms with Crippen molar-refractivity contribution in [1.29, 1.82) is 0 Å². The Labute approximate surface area is 140 Å². The highest BCUT2D eigenvalue weighted by molar-refractivity contribution is 5.79. The van der Waals surface area contributed by atoms with Crippen LogP contribution in [0.15, 0.2) is 35.0 Å². The Kier molecular flexibility index (Phi) is 4.32. The van der Waals surface area contributed by atoms with Crippen molar-refractivity contribution in [2.45, 2.75) is 19.9 Å². The first-order valence-electron chi connectivity index (χ1n) is 8.41. The van der Waals surface area contributed by atoms with Gasteiger partial charge < -0.3 is 14.2 Å². The molecule has 1 fully saturated rings. The van der Waals surface area contributed by atoms with E-state index in [0.717, 1.165) is 38.5 Å². The van der Waals surface area contributed by atoms with Crippen molar-refractivity contribution in [3.8, 4) is 0 Å². The Balaban J connectivity index is 1.43. The van der Waals surface area contributed by atoms with Crippen LogP contribution in [0.25, 0.3) is 10.9 Å². The van der Waals surface area contributed by atoms with Gasteiger partial charge in [0.15, 0.2) is 5.82 Å². The highest BCUT2D eigenvalue weighted by Gasteiger charge is 2.20. The van der Waals surface area contributed by atoms with E-state index in [1.165, 1.54) is 16.5 Å². The molecule has 1 atom stereocenters. The van der Waals surface area contributed by atoms with Crippen LogP contribution in [0.1, 0.15) is 17.3 Å². The normalized spacial score (nSPS) is 19.6. The van der Waals surface area contributed by atoms with Crippen LogP contribution in [0.5, 0.6) is 0 Å². The van der Waals surface area contributed by atoms with Crippen LogP contribution >= 0.6 is 0 Å². The smallest absolute Gasteiger partial charge is 0.223 e. The van der Waals surface area contributed by atoms with Crippen LogP contribution in [0.2, 0.25) is 0 Å². The summed E-state index contributed by atoms with van der Waals surface area (Å²) in [5.74, 6) is 1.84. The average molecular weight is 326 g/mol. The quantitative estimate of drug-likeness (QED) is 0.798. The Hall–Kier alpha value is -2.18. The van der Waals surface area contributed by atoms with Crippen LogP contribution in [-0.2, 0) is 17.7 Å². The summed E-state index contributed by atoms with van der Waals surface area (Å²) in [6.07, 6.45) is 3.00. The summed E-state index contributed by atoms with van der Waals surface area (Å²) in [6.45, 7) is 5.98. The molecule has 0 amide bonds. The van der Waals surface area contributed by atoms with Gasteiger partial charge in [0.1, 0.15) is 0 Å². The van der Waals surface area contributed by atoms with E-state index in [0.29, 0.717) is 18.4 Å². The highest BCUT2D eigenvalue weighted by atomic mass is 16.5. The molecule has 1 saturated heterocycles. The van der Waals surface area contributed by atoms with Crippen LogP contribution < -0.4 is 0 Å². The topological polar surface area (TPSA) is 67.2 Å². The van der Waals surface area contributed by atoms with Gasteiger partial charge in [-0.1, -0.05) is 11.2 Å². The predicted molar refractivity (Wildman–Crippen MR) is 90.6 cm³/mol. The number of nitrogens with zero attached hydrogens (tertiary/aromatic N) is 3. The zero-order valence-corrected chi connectivity index (χ0v) is 13.9. The Morgan fingerprint density at radius 2 is 2.29 bits per heavy atom. The van der Waals surface area contributed by atoms with E-state index in [1.807, 2.05) is 13.1 Å². The Morgan fingerprint density at radius 1 is 1.33 bits per heavy atom. The number of aryl methyl sites for hydroxylation is 1. The number of benzene rings is 1. The van der Waals surface area contributed by atoms with Gasteiger partial charge in [-0.15, -0.1) is 0 Å². The minimum Gasteiger partial charge on any atom is -0.380 e. The molecule has 0 unspecified atom stereocenters. The summed E-state index contributed by atoms with van der Waals surface area (Å²) in [7, 11) is 0. The van der Waals surface area contributed by atoms with Crippen LogP contribution in [0.3, 0.4) is 0 Å². The maximum absolute atomic E-state index is 5.81. The lowest BCUT2D eigenvalue weighted by Gasteiger charge is -2.22. The molecule has 0 bridgehead atoms. The fourth-order valence-electron chi connectivity index (χ4n) is 3.39. The molecule has 126 valence electrons. The van der Waals surface area contributed by atoms with Crippen molar-refractivity contribution in [3.63, 3.8) is 0 Å². The highest BCUT2D eigenvalue weighted by Crippen LogP contribution is 2.19. The maximum atomic E-state index is 5.81. The van der Waals surface area contributed by atoms with Crippen LogP contribution in [-0.4, -0.2) is 46.3 Å². The van der Waals surface area contributed by atoms with E-state index in [-0.39, 0.29) is 0 Å². The molecule has 1 N–H and O–H groups in total. The first-order valence-corrected chi connectivity index (χ1v) is 8.41.